The average molecular weight is 372 g/mol. The summed E-state index contributed by atoms with van der Waals surface area (Å²) in [7, 11) is 0. The molecule has 10 heteroatoms. The number of nitrogens with two attached hydrogens (primary N) is 1. The number of benzene rings is 1. The summed E-state index contributed by atoms with van der Waals surface area (Å²) >= 11 is 0. The number of nitrogens with one attached hydrogen (secondary N) is 2. The van der Waals surface area contributed by atoms with E-state index in [0.717, 1.165) is 25.1 Å². The fourth-order valence-corrected chi connectivity index (χ4v) is 3.15. The summed E-state index contributed by atoms with van der Waals surface area (Å²) in [4.78, 5) is 25.5. The molecule has 27 heavy (non-hydrogen) atoms. The third kappa shape index (κ3) is 5.00. The quantitative estimate of drug-likeness (QED) is 0.668. The van der Waals surface area contributed by atoms with Crippen molar-refractivity contribution in [2.24, 2.45) is 11.7 Å². The Morgan fingerprint density at radius 2 is 2.07 bits per heavy atom. The van der Waals surface area contributed by atoms with Crippen LogP contribution in [0.4, 0.5) is 10.5 Å². The van der Waals surface area contributed by atoms with Gasteiger partial charge in [-0.25, -0.2) is 4.79 Å². The van der Waals surface area contributed by atoms with E-state index in [1.165, 1.54) is 0 Å². The van der Waals surface area contributed by atoms with Crippen LogP contribution in [0, 0.1) is 12.8 Å². The van der Waals surface area contributed by atoms with Crippen LogP contribution in [-0.2, 0) is 4.79 Å². The molecule has 0 bridgehead atoms. The predicted molar refractivity (Wildman–Crippen MR) is 99.3 cm³/mol. The van der Waals surface area contributed by atoms with Crippen LogP contribution in [-0.4, -0.2) is 63.2 Å². The topological polar surface area (TPSA) is 131 Å². The molecule has 0 saturated carbocycles. The molecule has 1 unspecified atom stereocenters. The minimum absolute atomic E-state index is 0.0880. The van der Waals surface area contributed by atoms with Crippen LogP contribution >= 0.6 is 0 Å². The Kier molecular flexibility index (Phi) is 5.97. The molecule has 1 saturated heterocycles. The number of aromatic nitrogens is 4. The normalized spacial score (nSPS) is 17.4. The first kappa shape index (κ1) is 18.8. The van der Waals surface area contributed by atoms with Gasteiger partial charge in [-0.15, -0.1) is 5.10 Å². The number of nitrogens with zero attached hydrogens (tertiary/aromatic N) is 5. The van der Waals surface area contributed by atoms with E-state index in [0.29, 0.717) is 31.1 Å². The number of carbonyl (C=O) groups excluding carboxylic acids is 2. The van der Waals surface area contributed by atoms with Gasteiger partial charge in [0.2, 0.25) is 5.91 Å². The minimum Gasteiger partial charge on any atom is -0.369 e. The van der Waals surface area contributed by atoms with Gasteiger partial charge in [-0.3, -0.25) is 4.79 Å². The number of primary amides is 1. The highest BCUT2D eigenvalue weighted by molar-refractivity contribution is 5.89. The smallest absolute Gasteiger partial charge is 0.319 e. The molecule has 1 fully saturated rings. The summed E-state index contributed by atoms with van der Waals surface area (Å²) in [6.07, 6.45) is 1.80. The monoisotopic (exact) mass is 372 g/mol. The summed E-state index contributed by atoms with van der Waals surface area (Å²) in [5.74, 6) is 0.352. The molecule has 0 radical (unpaired) electrons. The molecule has 0 spiro atoms. The van der Waals surface area contributed by atoms with E-state index in [2.05, 4.69) is 31.1 Å². The lowest BCUT2D eigenvalue weighted by Gasteiger charge is -2.31. The second kappa shape index (κ2) is 8.58. The van der Waals surface area contributed by atoms with Gasteiger partial charge in [0, 0.05) is 25.3 Å². The summed E-state index contributed by atoms with van der Waals surface area (Å²) in [6, 6.07) is 6.97. The second-order valence-electron chi connectivity index (χ2n) is 6.61. The van der Waals surface area contributed by atoms with Gasteiger partial charge >= 0.3 is 6.03 Å². The van der Waals surface area contributed by atoms with Crippen molar-refractivity contribution < 1.29 is 9.59 Å². The maximum absolute atomic E-state index is 12.0. The Morgan fingerprint density at radius 1 is 1.30 bits per heavy atom. The van der Waals surface area contributed by atoms with Crippen LogP contribution in [0.3, 0.4) is 0 Å². The summed E-state index contributed by atoms with van der Waals surface area (Å²) in [6.45, 7) is 4.59. The summed E-state index contributed by atoms with van der Waals surface area (Å²) in [5.41, 5.74) is 6.88. The van der Waals surface area contributed by atoms with E-state index >= 15 is 0 Å². The number of aryl methyl sites for hydroxylation is 1. The fraction of sp³-hybridized carbons (Fsp3) is 0.471. The van der Waals surface area contributed by atoms with Gasteiger partial charge in [0.25, 0.3) is 0 Å². The first-order valence-electron chi connectivity index (χ1n) is 8.95. The largest absolute Gasteiger partial charge is 0.369 e. The lowest BCUT2D eigenvalue weighted by atomic mass is 9.97. The van der Waals surface area contributed by atoms with Crippen LogP contribution in [0.25, 0.3) is 5.69 Å². The van der Waals surface area contributed by atoms with Gasteiger partial charge in [0.1, 0.15) is 0 Å². The third-order valence-electron chi connectivity index (χ3n) is 4.62. The van der Waals surface area contributed by atoms with E-state index < -0.39 is 0 Å². The predicted octanol–water partition coefficient (Wildman–Crippen LogP) is 0.290. The molecule has 2 heterocycles. The Morgan fingerprint density at radius 3 is 2.74 bits per heavy atom. The third-order valence-corrected chi connectivity index (χ3v) is 4.62. The molecule has 3 amide bonds. The molecule has 1 atom stereocenters. The molecular weight excluding hydrogens is 348 g/mol. The summed E-state index contributed by atoms with van der Waals surface area (Å²) in [5, 5.41) is 17.0. The summed E-state index contributed by atoms with van der Waals surface area (Å²) < 4.78 is 1.61. The number of hydrogen-bond donors (Lipinski definition) is 3. The van der Waals surface area contributed by atoms with Gasteiger partial charge in [-0.05, 0) is 61.0 Å². The number of urea groups is 1. The highest BCUT2D eigenvalue weighted by Crippen LogP contribution is 2.15. The van der Waals surface area contributed by atoms with Gasteiger partial charge in [-0.2, -0.15) is 4.68 Å². The number of piperidine rings is 1. The van der Waals surface area contributed by atoms with Crippen LogP contribution in [0.15, 0.2) is 24.3 Å². The van der Waals surface area contributed by atoms with Gasteiger partial charge < -0.3 is 21.3 Å². The number of anilines is 1. The van der Waals surface area contributed by atoms with Crippen LogP contribution in [0.2, 0.25) is 0 Å². The van der Waals surface area contributed by atoms with Crippen molar-refractivity contribution in [1.82, 2.24) is 30.4 Å². The first-order valence-corrected chi connectivity index (χ1v) is 8.95. The maximum Gasteiger partial charge on any atom is 0.319 e. The Hall–Kier alpha value is -3.01. The Balaban J connectivity index is 1.43. The zero-order valence-corrected chi connectivity index (χ0v) is 15.3. The molecular formula is C17H24N8O2. The van der Waals surface area contributed by atoms with Crippen molar-refractivity contribution in [2.45, 2.75) is 19.8 Å². The average Bonchev–Trinajstić information content (AvgIpc) is 3.08. The van der Waals surface area contributed by atoms with E-state index in [1.807, 2.05) is 19.1 Å². The minimum atomic E-state index is -0.273. The second-order valence-corrected chi connectivity index (χ2v) is 6.61. The molecule has 0 aliphatic carbocycles. The standard InChI is InChI=1S/C17H24N8O2/c1-12-21-22-23-25(12)15-6-4-14(5-7-15)20-17(27)19-8-10-24-9-2-3-13(11-24)16(18)26/h4-7,13H,2-3,8-11H2,1H3,(H2,18,26)(H2,19,20,27). The van der Waals surface area contributed by atoms with Gasteiger partial charge in [0.05, 0.1) is 11.6 Å². The number of amides is 3. The van der Waals surface area contributed by atoms with Gasteiger partial charge in [-0.1, -0.05) is 0 Å². The Bertz CT molecular complexity index is 788. The lowest BCUT2D eigenvalue weighted by molar-refractivity contribution is -0.123. The zero-order valence-electron chi connectivity index (χ0n) is 15.3. The van der Waals surface area contributed by atoms with Crippen molar-refractivity contribution in [2.75, 3.05) is 31.5 Å². The SMILES string of the molecule is Cc1nnnn1-c1ccc(NC(=O)NCCN2CCCC(C(N)=O)C2)cc1. The van der Waals surface area contributed by atoms with Crippen LogP contribution in [0.5, 0.6) is 0 Å². The molecule has 1 aromatic heterocycles. The van der Waals surface area contributed by atoms with E-state index in [9.17, 15) is 9.59 Å². The highest BCUT2D eigenvalue weighted by atomic mass is 16.2. The van der Waals surface area contributed by atoms with Crippen molar-refractivity contribution in [1.29, 1.82) is 0 Å². The first-order chi connectivity index (χ1) is 13.0. The molecule has 144 valence electrons. The molecule has 1 aromatic carbocycles. The van der Waals surface area contributed by atoms with Crippen molar-refractivity contribution in [3.8, 4) is 5.69 Å². The van der Waals surface area contributed by atoms with Crippen LogP contribution in [0.1, 0.15) is 18.7 Å². The van der Waals surface area contributed by atoms with E-state index in [4.69, 9.17) is 5.73 Å². The molecule has 2 aromatic rings. The lowest BCUT2D eigenvalue weighted by Crippen LogP contribution is -2.44. The molecule has 1 aliphatic heterocycles. The highest BCUT2D eigenvalue weighted by Gasteiger charge is 2.23. The van der Waals surface area contributed by atoms with Crippen molar-refractivity contribution in [3.63, 3.8) is 0 Å². The van der Waals surface area contributed by atoms with Crippen molar-refractivity contribution in [3.05, 3.63) is 30.1 Å². The number of tetrazole rings is 1. The molecule has 1 aliphatic rings. The molecule has 10 nitrogen and oxygen atoms in total. The number of rotatable bonds is 6. The van der Waals surface area contributed by atoms with Gasteiger partial charge in [0.15, 0.2) is 5.82 Å². The molecule has 4 N–H and O–H groups in total. The maximum atomic E-state index is 12.0. The number of likely N-dealkylation sites (tertiary alicyclic amines) is 1. The zero-order chi connectivity index (χ0) is 19.2. The molecule has 3 rings (SSSR count). The number of hydrogen-bond acceptors (Lipinski definition) is 6. The van der Waals surface area contributed by atoms with E-state index in [-0.39, 0.29) is 17.9 Å². The number of carbonyl (C=O) groups is 2. The van der Waals surface area contributed by atoms with E-state index in [1.54, 1.807) is 16.8 Å². The van der Waals surface area contributed by atoms with Crippen LogP contribution < -0.4 is 16.4 Å². The fourth-order valence-electron chi connectivity index (χ4n) is 3.15. The van der Waals surface area contributed by atoms with Crippen molar-refractivity contribution >= 4 is 17.6 Å². The Labute approximate surface area is 157 Å².